The molecule has 2 atom stereocenters. The third-order valence-electron chi connectivity index (χ3n) is 3.82. The van der Waals surface area contributed by atoms with Gasteiger partial charge in [-0.1, -0.05) is 6.42 Å². The number of ether oxygens (including phenoxy) is 1. The van der Waals surface area contributed by atoms with E-state index in [1.807, 2.05) is 20.8 Å². The van der Waals surface area contributed by atoms with Gasteiger partial charge in [-0.2, -0.15) is 4.31 Å². The van der Waals surface area contributed by atoms with Gasteiger partial charge < -0.3 is 4.74 Å². The van der Waals surface area contributed by atoms with Gasteiger partial charge in [-0.25, -0.2) is 8.42 Å². The van der Waals surface area contributed by atoms with Crippen LogP contribution in [0.15, 0.2) is 29.2 Å². The minimum absolute atomic E-state index is 0.0651. The second kappa shape index (κ2) is 6.14. The smallest absolute Gasteiger partial charge is 0.243 e. The van der Waals surface area contributed by atoms with E-state index in [2.05, 4.69) is 0 Å². The Morgan fingerprint density at radius 3 is 2.20 bits per heavy atom. The van der Waals surface area contributed by atoms with Crippen LogP contribution in [0.2, 0.25) is 0 Å². The van der Waals surface area contributed by atoms with Crippen molar-refractivity contribution in [3.05, 3.63) is 24.3 Å². The van der Waals surface area contributed by atoms with E-state index in [0.717, 1.165) is 19.3 Å². The molecule has 1 aromatic carbocycles. The van der Waals surface area contributed by atoms with Gasteiger partial charge in [0.15, 0.2) is 0 Å². The molecule has 1 fully saturated rings. The number of sulfonamides is 1. The Labute approximate surface area is 121 Å². The molecule has 4 nitrogen and oxygen atoms in total. The molecular formula is C15H23NO3S. The lowest BCUT2D eigenvalue weighted by molar-refractivity contribution is 0.204. The van der Waals surface area contributed by atoms with Crippen LogP contribution < -0.4 is 4.74 Å². The maximum atomic E-state index is 12.8. The van der Waals surface area contributed by atoms with E-state index in [-0.39, 0.29) is 12.1 Å². The molecule has 0 saturated carbocycles. The zero-order chi connectivity index (χ0) is 14.8. The van der Waals surface area contributed by atoms with Crippen LogP contribution in [-0.4, -0.2) is 31.4 Å². The molecule has 1 aromatic rings. The highest BCUT2D eigenvalue weighted by atomic mass is 32.2. The van der Waals surface area contributed by atoms with E-state index in [9.17, 15) is 8.42 Å². The van der Waals surface area contributed by atoms with Crippen molar-refractivity contribution in [2.75, 3.05) is 6.61 Å². The molecule has 1 heterocycles. The molecule has 2 unspecified atom stereocenters. The largest absolute Gasteiger partial charge is 0.494 e. The summed E-state index contributed by atoms with van der Waals surface area (Å²) in [6.45, 7) is 6.46. The zero-order valence-corrected chi connectivity index (χ0v) is 13.2. The first-order chi connectivity index (χ1) is 9.46. The minimum Gasteiger partial charge on any atom is -0.494 e. The summed E-state index contributed by atoms with van der Waals surface area (Å²) in [6.07, 6.45) is 2.96. The number of piperidine rings is 1. The van der Waals surface area contributed by atoms with Crippen LogP contribution in [0.5, 0.6) is 5.75 Å². The maximum absolute atomic E-state index is 12.8. The summed E-state index contributed by atoms with van der Waals surface area (Å²) in [7, 11) is -3.41. The molecule has 112 valence electrons. The Kier molecular flexibility index (Phi) is 4.70. The molecule has 0 N–H and O–H groups in total. The van der Waals surface area contributed by atoms with E-state index in [1.165, 1.54) is 0 Å². The van der Waals surface area contributed by atoms with Crippen molar-refractivity contribution in [3.8, 4) is 5.75 Å². The maximum Gasteiger partial charge on any atom is 0.243 e. The molecule has 0 aromatic heterocycles. The molecule has 0 amide bonds. The number of rotatable bonds is 4. The molecule has 0 spiro atoms. The molecule has 1 aliphatic rings. The van der Waals surface area contributed by atoms with Crippen molar-refractivity contribution < 1.29 is 13.2 Å². The topological polar surface area (TPSA) is 46.6 Å². The van der Waals surface area contributed by atoms with Crippen molar-refractivity contribution in [1.29, 1.82) is 0 Å². The van der Waals surface area contributed by atoms with E-state index in [1.54, 1.807) is 28.6 Å². The van der Waals surface area contributed by atoms with Gasteiger partial charge in [0.2, 0.25) is 10.0 Å². The third-order valence-corrected chi connectivity index (χ3v) is 5.97. The van der Waals surface area contributed by atoms with Crippen molar-refractivity contribution in [2.24, 2.45) is 0 Å². The SMILES string of the molecule is CCOc1ccc(S(=O)(=O)N2C(C)CCCC2C)cc1. The second-order valence-corrected chi connectivity index (χ2v) is 7.21. The van der Waals surface area contributed by atoms with E-state index in [4.69, 9.17) is 4.74 Å². The van der Waals surface area contributed by atoms with Crippen LogP contribution in [0.25, 0.3) is 0 Å². The fraction of sp³-hybridized carbons (Fsp3) is 0.600. The van der Waals surface area contributed by atoms with Gasteiger partial charge in [0.05, 0.1) is 11.5 Å². The molecule has 20 heavy (non-hydrogen) atoms. The van der Waals surface area contributed by atoms with Crippen LogP contribution in [0.3, 0.4) is 0 Å². The van der Waals surface area contributed by atoms with Gasteiger partial charge in [0.1, 0.15) is 5.75 Å². The standard InChI is InChI=1S/C15H23NO3S/c1-4-19-14-8-10-15(11-9-14)20(17,18)16-12(2)6-5-7-13(16)3/h8-13H,4-7H2,1-3H3. The number of hydrogen-bond acceptors (Lipinski definition) is 3. The Bertz CT molecular complexity index is 529. The number of nitrogens with zero attached hydrogens (tertiary/aromatic N) is 1. The van der Waals surface area contributed by atoms with Crippen LogP contribution in [0.1, 0.15) is 40.0 Å². The average Bonchev–Trinajstić information content (AvgIpc) is 2.39. The lowest BCUT2D eigenvalue weighted by atomic mass is 10.0. The van der Waals surface area contributed by atoms with Gasteiger partial charge in [0.25, 0.3) is 0 Å². The van der Waals surface area contributed by atoms with Crippen LogP contribution in [0.4, 0.5) is 0 Å². The second-order valence-electron chi connectivity index (χ2n) is 5.37. The summed E-state index contributed by atoms with van der Waals surface area (Å²) in [5, 5.41) is 0. The summed E-state index contributed by atoms with van der Waals surface area (Å²) in [4.78, 5) is 0.349. The summed E-state index contributed by atoms with van der Waals surface area (Å²) >= 11 is 0. The van der Waals surface area contributed by atoms with Gasteiger partial charge in [0, 0.05) is 12.1 Å². The van der Waals surface area contributed by atoms with Crippen molar-refractivity contribution in [1.82, 2.24) is 4.31 Å². The predicted molar refractivity (Wildman–Crippen MR) is 79.4 cm³/mol. The van der Waals surface area contributed by atoms with E-state index >= 15 is 0 Å². The van der Waals surface area contributed by atoms with Crippen LogP contribution in [0, 0.1) is 0 Å². The molecule has 1 saturated heterocycles. The fourth-order valence-corrected chi connectivity index (χ4v) is 4.75. The van der Waals surface area contributed by atoms with Crippen molar-refractivity contribution >= 4 is 10.0 Å². The highest BCUT2D eigenvalue weighted by Gasteiger charge is 2.35. The Hall–Kier alpha value is -1.07. The Balaban J connectivity index is 2.29. The van der Waals surface area contributed by atoms with Gasteiger partial charge in [-0.15, -0.1) is 0 Å². The van der Waals surface area contributed by atoms with Gasteiger partial charge in [-0.3, -0.25) is 0 Å². The minimum atomic E-state index is -3.41. The number of benzene rings is 1. The lowest BCUT2D eigenvalue weighted by Gasteiger charge is -2.37. The molecule has 5 heteroatoms. The third kappa shape index (κ3) is 2.99. The molecular weight excluding hydrogens is 274 g/mol. The zero-order valence-electron chi connectivity index (χ0n) is 12.4. The normalized spacial score (nSPS) is 24.6. The first-order valence-corrected chi connectivity index (χ1v) is 8.67. The highest BCUT2D eigenvalue weighted by Crippen LogP contribution is 2.30. The van der Waals surface area contributed by atoms with E-state index < -0.39 is 10.0 Å². The van der Waals surface area contributed by atoms with Crippen LogP contribution >= 0.6 is 0 Å². The Morgan fingerprint density at radius 1 is 1.15 bits per heavy atom. The molecule has 0 bridgehead atoms. The van der Waals surface area contributed by atoms with Crippen LogP contribution in [-0.2, 0) is 10.0 Å². The monoisotopic (exact) mass is 297 g/mol. The van der Waals surface area contributed by atoms with Gasteiger partial charge in [-0.05, 0) is 57.9 Å². The average molecular weight is 297 g/mol. The fourth-order valence-electron chi connectivity index (χ4n) is 2.87. The quantitative estimate of drug-likeness (QED) is 0.858. The van der Waals surface area contributed by atoms with Crippen molar-refractivity contribution in [2.45, 2.75) is 57.0 Å². The summed E-state index contributed by atoms with van der Waals surface area (Å²) in [6, 6.07) is 6.83. The predicted octanol–water partition coefficient (Wildman–Crippen LogP) is 3.04. The summed E-state index contributed by atoms with van der Waals surface area (Å²) in [5.74, 6) is 0.700. The molecule has 0 radical (unpaired) electrons. The Morgan fingerprint density at radius 2 is 1.70 bits per heavy atom. The highest BCUT2D eigenvalue weighted by molar-refractivity contribution is 7.89. The number of hydrogen-bond donors (Lipinski definition) is 0. The summed E-state index contributed by atoms with van der Waals surface area (Å²) in [5.41, 5.74) is 0. The van der Waals surface area contributed by atoms with Crippen molar-refractivity contribution in [3.63, 3.8) is 0 Å². The first-order valence-electron chi connectivity index (χ1n) is 7.23. The van der Waals surface area contributed by atoms with Gasteiger partial charge >= 0.3 is 0 Å². The first kappa shape index (κ1) is 15.3. The summed E-state index contributed by atoms with van der Waals surface area (Å²) < 4.78 is 32.5. The van der Waals surface area contributed by atoms with E-state index in [0.29, 0.717) is 17.3 Å². The lowest BCUT2D eigenvalue weighted by Crippen LogP contribution is -2.47. The molecule has 1 aliphatic heterocycles. The molecule has 2 rings (SSSR count). The molecule has 0 aliphatic carbocycles.